The van der Waals surface area contributed by atoms with Gasteiger partial charge in [0.1, 0.15) is 13.1 Å². The van der Waals surface area contributed by atoms with E-state index in [-0.39, 0.29) is 0 Å². The van der Waals surface area contributed by atoms with Crippen molar-refractivity contribution in [2.45, 2.75) is 117 Å². The third-order valence-electron chi connectivity index (χ3n) is 5.08. The number of quaternary nitrogens is 1. The molecule has 0 unspecified atom stereocenters. The lowest BCUT2D eigenvalue weighted by molar-refractivity contribution is -1.24. The van der Waals surface area contributed by atoms with E-state index in [4.69, 9.17) is 0 Å². The first-order chi connectivity index (χ1) is 13.7. The molecule has 0 aromatic rings. The Kier molecular flexibility index (Phi) is 22.4. The Morgan fingerprint density at radius 1 is 0.690 bits per heavy atom. The van der Waals surface area contributed by atoms with Crippen molar-refractivity contribution >= 4 is 10.4 Å². The van der Waals surface area contributed by atoms with Crippen molar-refractivity contribution in [3.8, 4) is 0 Å². The number of rotatable bonds is 19. The lowest BCUT2D eigenvalue weighted by atomic mass is 10.0. The number of hydrogen-bond acceptors (Lipinski definition) is 6. The molecule has 0 aliphatic carbocycles. The van der Waals surface area contributed by atoms with Gasteiger partial charge in [-0.3, -0.25) is 4.18 Å². The molecule has 2 N–H and O–H groups in total. The summed E-state index contributed by atoms with van der Waals surface area (Å²) in [4.78, 5) is -0.807. The van der Waals surface area contributed by atoms with Crippen molar-refractivity contribution < 1.29 is 32.4 Å². The first-order valence-corrected chi connectivity index (χ1v) is 12.9. The number of unbranched alkanes of at least 4 members (excludes halogenated alkanes) is 15. The van der Waals surface area contributed by atoms with E-state index in [0.717, 1.165) is 20.0 Å². The quantitative estimate of drug-likeness (QED) is 0.0842. The SMILES string of the molecule is CCCCCCCCCCCCCCCCCC[N+](O)(O)CC.COS(=O)(=O)[O-]. The summed E-state index contributed by atoms with van der Waals surface area (Å²) in [5, 5.41) is 18.9. The summed E-state index contributed by atoms with van der Waals surface area (Å²) in [6, 6.07) is 0. The standard InChI is InChI=1S/C20H44NO2.CH4O4S/c1-3-5-6-7-8-9-10-11-12-13-14-15-16-17-18-19-20-21(22,23)4-2;1-5-6(2,3)4/h22-23H,3-20H2,1-2H3;1H3,(H,2,3,4)/q+1;/p-1. The number of hydroxylamine groups is 4. The van der Waals surface area contributed by atoms with E-state index in [0.29, 0.717) is 13.1 Å². The van der Waals surface area contributed by atoms with E-state index >= 15 is 0 Å². The molecule has 0 amide bonds. The van der Waals surface area contributed by atoms with Crippen LogP contribution in [-0.2, 0) is 14.6 Å². The van der Waals surface area contributed by atoms with Crippen LogP contribution in [0.1, 0.15) is 117 Å². The molecule has 0 spiro atoms. The zero-order valence-corrected chi connectivity index (χ0v) is 19.9. The van der Waals surface area contributed by atoms with Crippen LogP contribution in [0.4, 0.5) is 0 Å². The smallest absolute Gasteiger partial charge is 0.217 e. The molecule has 7 nitrogen and oxygen atoms in total. The molecule has 0 saturated carbocycles. The van der Waals surface area contributed by atoms with E-state index < -0.39 is 15.2 Å². The van der Waals surface area contributed by atoms with E-state index in [1.54, 1.807) is 6.92 Å². The summed E-state index contributed by atoms with van der Waals surface area (Å²) in [5.74, 6) is 0. The van der Waals surface area contributed by atoms with Crippen molar-refractivity contribution in [3.63, 3.8) is 0 Å². The largest absolute Gasteiger partial charge is 0.726 e. The summed E-state index contributed by atoms with van der Waals surface area (Å²) in [6.45, 7) is 4.92. The Hall–Kier alpha value is -0.250. The summed E-state index contributed by atoms with van der Waals surface area (Å²) in [7, 11) is -3.60. The van der Waals surface area contributed by atoms with Crippen molar-refractivity contribution in [3.05, 3.63) is 0 Å². The van der Waals surface area contributed by atoms with Crippen LogP contribution in [0.2, 0.25) is 0 Å². The van der Waals surface area contributed by atoms with Crippen LogP contribution in [-0.4, -0.2) is 48.4 Å². The Morgan fingerprint density at radius 2 is 0.966 bits per heavy atom. The molecule has 0 aliphatic rings. The van der Waals surface area contributed by atoms with Crippen LogP contribution < -0.4 is 0 Å². The average molecular weight is 442 g/mol. The zero-order valence-electron chi connectivity index (χ0n) is 19.1. The molecule has 178 valence electrons. The molecule has 29 heavy (non-hydrogen) atoms. The summed E-state index contributed by atoms with van der Waals surface area (Å²) < 4.78 is 31.0. The van der Waals surface area contributed by atoms with Gasteiger partial charge in [-0.25, -0.2) is 8.42 Å². The zero-order chi connectivity index (χ0) is 22.4. The lowest BCUT2D eigenvalue weighted by Gasteiger charge is -2.18. The second kappa shape index (κ2) is 21.0. The van der Waals surface area contributed by atoms with E-state index in [9.17, 15) is 23.4 Å². The number of hydrogen-bond donors (Lipinski definition) is 2. The Bertz CT molecular complexity index is 429. The maximum absolute atomic E-state index is 9.43. The van der Waals surface area contributed by atoms with Gasteiger partial charge < -0.3 is 4.55 Å². The molecule has 0 aromatic heterocycles. The van der Waals surface area contributed by atoms with Crippen molar-refractivity contribution in [1.29, 1.82) is 0 Å². The van der Waals surface area contributed by atoms with Crippen LogP contribution in [0.5, 0.6) is 0 Å². The van der Waals surface area contributed by atoms with Crippen molar-refractivity contribution in [1.82, 2.24) is 0 Å². The monoisotopic (exact) mass is 441 g/mol. The van der Waals surface area contributed by atoms with Crippen LogP contribution >= 0.6 is 0 Å². The second-order valence-corrected chi connectivity index (χ2v) is 8.95. The van der Waals surface area contributed by atoms with Crippen molar-refractivity contribution in [2.75, 3.05) is 20.2 Å². The van der Waals surface area contributed by atoms with Gasteiger partial charge >= 0.3 is 0 Å². The highest BCUT2D eigenvalue weighted by molar-refractivity contribution is 7.80. The molecule has 0 aliphatic heterocycles. The van der Waals surface area contributed by atoms with E-state index in [2.05, 4.69) is 11.1 Å². The van der Waals surface area contributed by atoms with Gasteiger partial charge in [-0.2, -0.15) is 10.4 Å². The second-order valence-electron chi connectivity index (χ2n) is 7.80. The van der Waals surface area contributed by atoms with Gasteiger partial charge in [0.25, 0.3) is 0 Å². The minimum Gasteiger partial charge on any atom is -0.726 e. The summed E-state index contributed by atoms with van der Waals surface area (Å²) >= 11 is 0. The highest BCUT2D eigenvalue weighted by atomic mass is 32.3. The first kappa shape index (κ1) is 30.9. The predicted octanol–water partition coefficient (Wildman–Crippen LogP) is 5.96. The molecular formula is C21H47NO6S. The van der Waals surface area contributed by atoms with Crippen LogP contribution in [0, 0.1) is 0 Å². The molecule has 0 radical (unpaired) electrons. The van der Waals surface area contributed by atoms with Gasteiger partial charge in [0.15, 0.2) is 0 Å². The highest BCUT2D eigenvalue weighted by Gasteiger charge is 2.17. The normalized spacial score (nSPS) is 11.9. The Morgan fingerprint density at radius 3 is 1.21 bits per heavy atom. The van der Waals surface area contributed by atoms with Gasteiger partial charge in [0, 0.05) is 6.42 Å². The lowest BCUT2D eigenvalue weighted by Crippen LogP contribution is -2.41. The molecule has 0 bridgehead atoms. The van der Waals surface area contributed by atoms with Crippen LogP contribution in [0.25, 0.3) is 0 Å². The average Bonchev–Trinajstić information content (AvgIpc) is 2.67. The van der Waals surface area contributed by atoms with Gasteiger partial charge in [0.05, 0.1) is 7.11 Å². The third-order valence-corrected chi connectivity index (χ3v) is 5.49. The van der Waals surface area contributed by atoms with E-state index in [1.807, 2.05) is 0 Å². The van der Waals surface area contributed by atoms with Gasteiger partial charge in [-0.05, 0) is 18.2 Å². The predicted molar refractivity (Wildman–Crippen MR) is 115 cm³/mol. The topological polar surface area (TPSA) is 107 Å². The fraction of sp³-hybridized carbons (Fsp3) is 1.00. The molecule has 0 aromatic carbocycles. The van der Waals surface area contributed by atoms with Gasteiger partial charge in [-0.1, -0.05) is 96.8 Å². The fourth-order valence-electron chi connectivity index (χ4n) is 3.07. The number of nitrogens with zero attached hydrogens (tertiary/aromatic N) is 1. The maximum atomic E-state index is 9.43. The Balaban J connectivity index is 0. The molecule has 0 rings (SSSR count). The molecule has 0 heterocycles. The summed E-state index contributed by atoms with van der Waals surface area (Å²) in [5.41, 5.74) is 0. The van der Waals surface area contributed by atoms with Crippen molar-refractivity contribution in [2.24, 2.45) is 0 Å². The van der Waals surface area contributed by atoms with Gasteiger partial charge in [-0.15, -0.1) is 0 Å². The molecule has 8 heteroatoms. The third kappa shape index (κ3) is 30.0. The first-order valence-electron chi connectivity index (χ1n) is 11.5. The molecule has 0 atom stereocenters. The molecule has 0 saturated heterocycles. The van der Waals surface area contributed by atoms with E-state index in [1.165, 1.54) is 89.9 Å². The Labute approximate surface area is 179 Å². The highest BCUT2D eigenvalue weighted by Crippen LogP contribution is 2.14. The van der Waals surface area contributed by atoms with Crippen LogP contribution in [0.15, 0.2) is 0 Å². The maximum Gasteiger partial charge on any atom is 0.217 e. The fourth-order valence-corrected chi connectivity index (χ4v) is 3.07. The van der Waals surface area contributed by atoms with Crippen LogP contribution in [0.3, 0.4) is 0 Å². The minimum atomic E-state index is -4.41. The summed E-state index contributed by atoms with van der Waals surface area (Å²) in [6.07, 6.45) is 21.5. The van der Waals surface area contributed by atoms with Gasteiger partial charge in [0.2, 0.25) is 10.4 Å². The molecular weight excluding hydrogens is 394 g/mol. The minimum absolute atomic E-state index is 0.374. The molecule has 0 fully saturated rings.